The van der Waals surface area contributed by atoms with Crippen molar-refractivity contribution in [2.75, 3.05) is 21.3 Å². The maximum atomic E-state index is 6.55. The van der Waals surface area contributed by atoms with E-state index in [4.69, 9.17) is 18.9 Å². The molecular formula is C25H26O4. The Hall–Kier alpha value is -3.14. The van der Waals surface area contributed by atoms with Gasteiger partial charge in [-0.2, -0.15) is 0 Å². The summed E-state index contributed by atoms with van der Waals surface area (Å²) in [6.07, 6.45) is 0.712. The second kappa shape index (κ2) is 8.08. The fourth-order valence-electron chi connectivity index (χ4n) is 4.06. The molecule has 0 spiro atoms. The zero-order chi connectivity index (χ0) is 20.4. The van der Waals surface area contributed by atoms with Gasteiger partial charge in [-0.25, -0.2) is 0 Å². The zero-order valence-electron chi connectivity index (χ0n) is 17.3. The van der Waals surface area contributed by atoms with Crippen molar-refractivity contribution in [1.29, 1.82) is 0 Å². The van der Waals surface area contributed by atoms with Crippen LogP contribution in [0, 0.1) is 6.92 Å². The van der Waals surface area contributed by atoms with Crippen molar-refractivity contribution in [2.24, 2.45) is 0 Å². The molecule has 0 N–H and O–H groups in total. The fraction of sp³-hybridized carbons (Fsp3) is 0.280. The highest BCUT2D eigenvalue weighted by Gasteiger charge is 2.34. The Kier molecular flexibility index (Phi) is 5.34. The molecule has 4 heteroatoms. The first-order valence-corrected chi connectivity index (χ1v) is 9.75. The predicted molar refractivity (Wildman–Crippen MR) is 114 cm³/mol. The molecule has 150 valence electrons. The maximum Gasteiger partial charge on any atom is 0.131 e. The summed E-state index contributed by atoms with van der Waals surface area (Å²) in [5.41, 5.74) is 4.63. The van der Waals surface area contributed by atoms with Crippen molar-refractivity contribution in [3.8, 4) is 23.0 Å². The van der Waals surface area contributed by atoms with Crippen molar-refractivity contribution < 1.29 is 18.9 Å². The lowest BCUT2D eigenvalue weighted by atomic mass is 9.81. The normalized spacial score (nSPS) is 17.8. The van der Waals surface area contributed by atoms with Gasteiger partial charge in [0.25, 0.3) is 0 Å². The largest absolute Gasteiger partial charge is 0.497 e. The molecule has 2 unspecified atom stereocenters. The summed E-state index contributed by atoms with van der Waals surface area (Å²) in [5, 5.41) is 0. The highest BCUT2D eigenvalue weighted by Crippen LogP contribution is 2.47. The molecule has 0 aromatic heterocycles. The first kappa shape index (κ1) is 19.2. The van der Waals surface area contributed by atoms with Crippen LogP contribution in [-0.2, 0) is 6.42 Å². The number of benzene rings is 3. The molecule has 3 aromatic rings. The van der Waals surface area contributed by atoms with Crippen molar-refractivity contribution in [2.45, 2.75) is 25.4 Å². The van der Waals surface area contributed by atoms with Crippen molar-refractivity contribution >= 4 is 0 Å². The van der Waals surface area contributed by atoms with Gasteiger partial charge in [0.15, 0.2) is 0 Å². The molecule has 0 amide bonds. The van der Waals surface area contributed by atoms with Crippen LogP contribution < -0.4 is 18.9 Å². The topological polar surface area (TPSA) is 36.9 Å². The van der Waals surface area contributed by atoms with Crippen LogP contribution in [0.25, 0.3) is 0 Å². The third-order valence-electron chi connectivity index (χ3n) is 5.54. The first-order valence-electron chi connectivity index (χ1n) is 9.75. The van der Waals surface area contributed by atoms with Gasteiger partial charge in [-0.05, 0) is 48.7 Å². The van der Waals surface area contributed by atoms with Crippen molar-refractivity contribution in [1.82, 2.24) is 0 Å². The van der Waals surface area contributed by atoms with Gasteiger partial charge in [0, 0.05) is 17.5 Å². The molecule has 3 aromatic carbocycles. The van der Waals surface area contributed by atoms with Gasteiger partial charge in [-0.1, -0.05) is 35.9 Å². The van der Waals surface area contributed by atoms with E-state index < -0.39 is 0 Å². The van der Waals surface area contributed by atoms with Crippen LogP contribution in [0.15, 0.2) is 60.7 Å². The summed E-state index contributed by atoms with van der Waals surface area (Å²) >= 11 is 0. The van der Waals surface area contributed by atoms with Crippen LogP contribution in [0.2, 0.25) is 0 Å². The molecule has 4 rings (SSSR count). The van der Waals surface area contributed by atoms with Gasteiger partial charge in [-0.3, -0.25) is 0 Å². The highest BCUT2D eigenvalue weighted by molar-refractivity contribution is 5.49. The molecule has 29 heavy (non-hydrogen) atoms. The third-order valence-corrected chi connectivity index (χ3v) is 5.54. The summed E-state index contributed by atoms with van der Waals surface area (Å²) in [7, 11) is 5.04. The molecule has 1 heterocycles. The Bertz CT molecular complexity index is 1010. The van der Waals surface area contributed by atoms with Gasteiger partial charge in [-0.15, -0.1) is 0 Å². The highest BCUT2D eigenvalue weighted by atomic mass is 16.5. The Morgan fingerprint density at radius 2 is 1.62 bits per heavy atom. The van der Waals surface area contributed by atoms with Crippen LogP contribution in [0.1, 0.15) is 34.3 Å². The Balaban J connectivity index is 1.83. The standard InChI is InChI=1S/C25H26O4/c1-16-8-11-23-18(12-16)14-22(21-10-9-20(27-3)15-24(21)28-4)25(29-23)17-6-5-7-19(13-17)26-2/h5-13,15,22,25H,14H2,1-4H3. The van der Waals surface area contributed by atoms with E-state index in [1.165, 1.54) is 11.1 Å². The smallest absolute Gasteiger partial charge is 0.131 e. The van der Waals surface area contributed by atoms with Crippen LogP contribution in [0.5, 0.6) is 23.0 Å². The lowest BCUT2D eigenvalue weighted by Gasteiger charge is -2.35. The predicted octanol–water partition coefficient (Wildman–Crippen LogP) is 5.48. The monoisotopic (exact) mass is 390 g/mol. The molecule has 0 aliphatic carbocycles. The van der Waals surface area contributed by atoms with Gasteiger partial charge >= 0.3 is 0 Å². The molecule has 0 saturated carbocycles. The third kappa shape index (κ3) is 3.75. The summed E-state index contributed by atoms with van der Waals surface area (Å²) < 4.78 is 23.1. The van der Waals surface area contributed by atoms with E-state index in [2.05, 4.69) is 37.3 Å². The lowest BCUT2D eigenvalue weighted by molar-refractivity contribution is 0.149. The zero-order valence-corrected chi connectivity index (χ0v) is 17.3. The number of rotatable bonds is 5. The molecule has 0 saturated heterocycles. The summed E-state index contributed by atoms with van der Waals surface area (Å²) in [5.74, 6) is 3.43. The molecule has 2 atom stereocenters. The second-order valence-corrected chi connectivity index (χ2v) is 7.34. The van der Waals surface area contributed by atoms with Gasteiger partial charge in [0.2, 0.25) is 0 Å². The first-order chi connectivity index (χ1) is 14.1. The summed E-state index contributed by atoms with van der Waals surface area (Å²) in [6, 6.07) is 20.5. The Morgan fingerprint density at radius 3 is 2.38 bits per heavy atom. The fourth-order valence-corrected chi connectivity index (χ4v) is 4.06. The number of methoxy groups -OCH3 is 3. The lowest BCUT2D eigenvalue weighted by Crippen LogP contribution is -2.25. The SMILES string of the molecule is COc1cccc(C2Oc3ccc(C)cc3CC2c2ccc(OC)cc2OC)c1. The summed E-state index contributed by atoms with van der Waals surface area (Å²) in [4.78, 5) is 0. The van der Waals surface area contributed by atoms with Gasteiger partial charge in [0.05, 0.1) is 21.3 Å². The maximum absolute atomic E-state index is 6.55. The Morgan fingerprint density at radius 1 is 0.828 bits per heavy atom. The number of hydrogen-bond acceptors (Lipinski definition) is 4. The minimum absolute atomic E-state index is 0.0947. The van der Waals surface area contributed by atoms with Crippen molar-refractivity contribution in [3.63, 3.8) is 0 Å². The molecular weight excluding hydrogens is 364 g/mol. The van der Waals surface area contributed by atoms with E-state index in [0.717, 1.165) is 40.5 Å². The number of fused-ring (bicyclic) bond motifs is 1. The summed E-state index contributed by atoms with van der Waals surface area (Å²) in [6.45, 7) is 2.11. The van der Waals surface area contributed by atoms with E-state index >= 15 is 0 Å². The molecule has 1 aliphatic heterocycles. The molecule has 0 fully saturated rings. The number of aryl methyl sites for hydroxylation is 1. The molecule has 0 bridgehead atoms. The Labute approximate surface area is 172 Å². The minimum Gasteiger partial charge on any atom is -0.497 e. The van der Waals surface area contributed by atoms with E-state index in [9.17, 15) is 0 Å². The van der Waals surface area contributed by atoms with E-state index in [0.29, 0.717) is 0 Å². The van der Waals surface area contributed by atoms with Crippen LogP contribution in [0.3, 0.4) is 0 Å². The second-order valence-electron chi connectivity index (χ2n) is 7.34. The molecule has 4 nitrogen and oxygen atoms in total. The number of ether oxygens (including phenoxy) is 4. The van der Waals surface area contributed by atoms with E-state index in [-0.39, 0.29) is 12.0 Å². The quantitative estimate of drug-likeness (QED) is 0.578. The van der Waals surface area contributed by atoms with E-state index in [1.54, 1.807) is 21.3 Å². The van der Waals surface area contributed by atoms with Crippen molar-refractivity contribution in [3.05, 3.63) is 82.9 Å². The van der Waals surface area contributed by atoms with Crippen LogP contribution >= 0.6 is 0 Å². The average Bonchev–Trinajstić information content (AvgIpc) is 2.77. The van der Waals surface area contributed by atoms with Crippen LogP contribution in [0.4, 0.5) is 0 Å². The van der Waals surface area contributed by atoms with Gasteiger partial charge in [0.1, 0.15) is 29.1 Å². The average molecular weight is 390 g/mol. The van der Waals surface area contributed by atoms with Gasteiger partial charge < -0.3 is 18.9 Å². The minimum atomic E-state index is -0.150. The molecule has 0 radical (unpaired) electrons. The van der Waals surface area contributed by atoms with Crippen LogP contribution in [-0.4, -0.2) is 21.3 Å². The molecule has 1 aliphatic rings. The number of hydrogen-bond donors (Lipinski definition) is 0. The van der Waals surface area contributed by atoms with E-state index in [1.807, 2.05) is 30.3 Å².